The van der Waals surface area contributed by atoms with Crippen molar-refractivity contribution in [3.05, 3.63) is 0 Å². The van der Waals surface area contributed by atoms with E-state index in [2.05, 4.69) is 17.0 Å². The molecule has 96 valence electrons. The molecule has 16 heavy (non-hydrogen) atoms. The average Bonchev–Trinajstić information content (AvgIpc) is 2.16. The molecule has 1 fully saturated rings. The number of ether oxygens (including phenoxy) is 1. The molecule has 0 spiro atoms. The lowest BCUT2D eigenvalue weighted by atomic mass is 9.76. The number of hydrogen-bond donors (Lipinski definition) is 1. The van der Waals surface area contributed by atoms with Gasteiger partial charge < -0.3 is 5.32 Å². The number of halogens is 3. The second-order valence-corrected chi connectivity index (χ2v) is 4.84. The molecule has 0 amide bonds. The van der Waals surface area contributed by atoms with E-state index in [1.54, 1.807) is 0 Å². The maximum absolute atomic E-state index is 11.7. The molecule has 1 saturated carbocycles. The fourth-order valence-corrected chi connectivity index (χ4v) is 2.21. The van der Waals surface area contributed by atoms with E-state index in [0.717, 1.165) is 6.54 Å². The summed E-state index contributed by atoms with van der Waals surface area (Å²) in [4.78, 5) is 0. The topological polar surface area (TPSA) is 21.3 Å². The van der Waals surface area contributed by atoms with Gasteiger partial charge in [0.1, 0.15) is 0 Å². The highest BCUT2D eigenvalue weighted by Gasteiger charge is 2.29. The third-order valence-electron chi connectivity index (χ3n) is 3.16. The second kappa shape index (κ2) is 5.87. The average molecular weight is 239 g/mol. The van der Waals surface area contributed by atoms with E-state index in [1.807, 2.05) is 0 Å². The van der Waals surface area contributed by atoms with Crippen molar-refractivity contribution < 1.29 is 17.9 Å². The first kappa shape index (κ1) is 13.8. The largest absolute Gasteiger partial charge is 0.522 e. The molecule has 0 aromatic rings. The lowest BCUT2D eigenvalue weighted by Crippen LogP contribution is -2.35. The normalized spacial score (nSPS) is 21.0. The van der Waals surface area contributed by atoms with Crippen LogP contribution in [-0.2, 0) is 4.74 Å². The first-order valence-corrected chi connectivity index (χ1v) is 5.83. The Kier molecular flexibility index (Phi) is 5.05. The minimum atomic E-state index is -4.50. The van der Waals surface area contributed by atoms with E-state index in [1.165, 1.54) is 32.1 Å². The van der Waals surface area contributed by atoms with Crippen LogP contribution in [0.25, 0.3) is 0 Å². The summed E-state index contributed by atoms with van der Waals surface area (Å²) in [5.74, 6) is 0. The number of nitrogens with one attached hydrogen (secondary N) is 1. The smallest absolute Gasteiger partial charge is 0.314 e. The van der Waals surface area contributed by atoms with Crippen molar-refractivity contribution in [3.63, 3.8) is 0 Å². The molecule has 1 N–H and O–H groups in total. The van der Waals surface area contributed by atoms with E-state index in [9.17, 15) is 13.2 Å². The third kappa shape index (κ3) is 5.70. The molecule has 1 aliphatic carbocycles. The van der Waals surface area contributed by atoms with Gasteiger partial charge in [-0.15, -0.1) is 13.2 Å². The van der Waals surface area contributed by atoms with Gasteiger partial charge in [-0.2, -0.15) is 0 Å². The van der Waals surface area contributed by atoms with E-state index < -0.39 is 6.36 Å². The van der Waals surface area contributed by atoms with Gasteiger partial charge in [-0.3, -0.25) is 4.74 Å². The Balaban J connectivity index is 2.06. The molecule has 1 rings (SSSR count). The molecule has 0 aromatic heterocycles. The number of alkyl halides is 3. The predicted molar refractivity (Wildman–Crippen MR) is 56.1 cm³/mol. The molecule has 0 aliphatic heterocycles. The van der Waals surface area contributed by atoms with Crippen molar-refractivity contribution in [2.24, 2.45) is 5.41 Å². The van der Waals surface area contributed by atoms with Gasteiger partial charge >= 0.3 is 6.36 Å². The zero-order valence-electron chi connectivity index (χ0n) is 9.70. The fraction of sp³-hybridized carbons (Fsp3) is 1.00. The van der Waals surface area contributed by atoms with Crippen molar-refractivity contribution in [1.29, 1.82) is 0 Å². The highest BCUT2D eigenvalue weighted by molar-refractivity contribution is 4.80. The van der Waals surface area contributed by atoms with Crippen LogP contribution in [0, 0.1) is 5.41 Å². The van der Waals surface area contributed by atoms with Crippen LogP contribution in [0.5, 0.6) is 0 Å². The molecule has 0 bridgehead atoms. The van der Waals surface area contributed by atoms with E-state index in [-0.39, 0.29) is 18.6 Å². The minimum Gasteiger partial charge on any atom is -0.314 e. The molecule has 0 unspecified atom stereocenters. The predicted octanol–water partition coefficient (Wildman–Crippen LogP) is 3.08. The molecule has 0 saturated heterocycles. The first-order valence-electron chi connectivity index (χ1n) is 5.83. The van der Waals surface area contributed by atoms with Crippen LogP contribution in [0.15, 0.2) is 0 Å². The van der Waals surface area contributed by atoms with Gasteiger partial charge in [-0.25, -0.2) is 0 Å². The monoisotopic (exact) mass is 239 g/mol. The molecular formula is C11H20F3NO. The van der Waals surface area contributed by atoms with Gasteiger partial charge in [0.15, 0.2) is 0 Å². The molecule has 1 aliphatic rings. The molecule has 0 atom stereocenters. The Morgan fingerprint density at radius 2 is 1.81 bits per heavy atom. The Labute approximate surface area is 94.5 Å². The Bertz CT molecular complexity index is 200. The summed E-state index contributed by atoms with van der Waals surface area (Å²) in [7, 11) is 0. The van der Waals surface area contributed by atoms with Gasteiger partial charge in [0.05, 0.1) is 6.61 Å². The van der Waals surface area contributed by atoms with Crippen LogP contribution in [0.4, 0.5) is 13.2 Å². The van der Waals surface area contributed by atoms with Crippen molar-refractivity contribution in [2.45, 2.75) is 45.4 Å². The molecule has 0 heterocycles. The summed E-state index contributed by atoms with van der Waals surface area (Å²) in [6.45, 7) is 2.94. The minimum absolute atomic E-state index is 0.259. The Hall–Kier alpha value is -0.290. The number of rotatable bonds is 5. The molecule has 0 radical (unpaired) electrons. The lowest BCUT2D eigenvalue weighted by Gasteiger charge is -2.33. The van der Waals surface area contributed by atoms with Gasteiger partial charge in [0.25, 0.3) is 0 Å². The highest BCUT2D eigenvalue weighted by Crippen LogP contribution is 2.34. The van der Waals surface area contributed by atoms with Crippen LogP contribution in [0.1, 0.15) is 39.0 Å². The van der Waals surface area contributed by atoms with Crippen molar-refractivity contribution in [1.82, 2.24) is 5.32 Å². The SMILES string of the molecule is CC1(CNCCOC(F)(F)F)CCCCC1. The van der Waals surface area contributed by atoms with Crippen LogP contribution >= 0.6 is 0 Å². The van der Waals surface area contributed by atoms with Crippen LogP contribution in [-0.4, -0.2) is 26.1 Å². The van der Waals surface area contributed by atoms with Gasteiger partial charge in [-0.05, 0) is 18.3 Å². The van der Waals surface area contributed by atoms with Gasteiger partial charge in [0, 0.05) is 13.1 Å². The summed E-state index contributed by atoms with van der Waals surface area (Å²) in [5.41, 5.74) is 0.260. The number of hydrogen-bond acceptors (Lipinski definition) is 2. The first-order chi connectivity index (χ1) is 7.41. The van der Waals surface area contributed by atoms with Crippen molar-refractivity contribution in [3.8, 4) is 0 Å². The molecule has 0 aromatic carbocycles. The Morgan fingerprint density at radius 3 is 2.38 bits per heavy atom. The van der Waals surface area contributed by atoms with E-state index >= 15 is 0 Å². The van der Waals surface area contributed by atoms with Crippen LogP contribution in [0.2, 0.25) is 0 Å². The summed E-state index contributed by atoms with van der Waals surface area (Å²) >= 11 is 0. The third-order valence-corrected chi connectivity index (χ3v) is 3.16. The summed E-state index contributed by atoms with van der Waals surface area (Å²) in [6.07, 6.45) is 1.58. The van der Waals surface area contributed by atoms with Gasteiger partial charge in [-0.1, -0.05) is 26.2 Å². The van der Waals surface area contributed by atoms with Crippen LogP contribution in [0.3, 0.4) is 0 Å². The zero-order valence-corrected chi connectivity index (χ0v) is 9.70. The molecule has 2 nitrogen and oxygen atoms in total. The fourth-order valence-electron chi connectivity index (χ4n) is 2.21. The molecular weight excluding hydrogens is 219 g/mol. The van der Waals surface area contributed by atoms with Crippen molar-refractivity contribution in [2.75, 3.05) is 19.7 Å². The maximum Gasteiger partial charge on any atom is 0.522 e. The summed E-state index contributed by atoms with van der Waals surface area (Å²) in [5, 5.41) is 3.04. The van der Waals surface area contributed by atoms with E-state index in [4.69, 9.17) is 0 Å². The van der Waals surface area contributed by atoms with Crippen LogP contribution < -0.4 is 5.32 Å². The van der Waals surface area contributed by atoms with Gasteiger partial charge in [0.2, 0.25) is 0 Å². The highest BCUT2D eigenvalue weighted by atomic mass is 19.4. The maximum atomic E-state index is 11.7. The standard InChI is InChI=1S/C11H20F3NO/c1-10(5-3-2-4-6-10)9-15-7-8-16-11(12,13)14/h15H,2-9H2,1H3. The lowest BCUT2D eigenvalue weighted by molar-refractivity contribution is -0.323. The van der Waals surface area contributed by atoms with Crippen molar-refractivity contribution >= 4 is 0 Å². The zero-order chi connectivity index (χ0) is 12.1. The summed E-state index contributed by atoms with van der Waals surface area (Å²) < 4.78 is 38.7. The van der Waals surface area contributed by atoms with E-state index in [0.29, 0.717) is 0 Å². The quantitative estimate of drug-likeness (QED) is 0.744. The second-order valence-electron chi connectivity index (χ2n) is 4.84. The summed E-state index contributed by atoms with van der Waals surface area (Å²) in [6, 6.07) is 0. The molecule has 5 heteroatoms. The Morgan fingerprint density at radius 1 is 1.19 bits per heavy atom.